The molecule has 0 N–H and O–H groups in total. The van der Waals surface area contributed by atoms with Gasteiger partial charge in [-0.25, -0.2) is 4.39 Å². The standard InChI is InChI=1S/C48H29F/c49-48-37(15-7-18-45(48)39-17-8-16-38-36-12-4-3-10-31(36)21-24-42(38)39)35-23-26-44-43-25-22-34(33-20-19-30-9-1-2-11-32(30)27-33)28-46(43)40-13-5-6-14-41(40)47(44)29-35/h1-29H. The van der Waals surface area contributed by atoms with Crippen LogP contribution in [0.4, 0.5) is 4.39 Å². The number of rotatable bonds is 3. The summed E-state index contributed by atoms with van der Waals surface area (Å²) in [4.78, 5) is 0. The Labute approximate surface area is 283 Å². The van der Waals surface area contributed by atoms with Crippen LogP contribution < -0.4 is 0 Å². The van der Waals surface area contributed by atoms with Crippen LogP contribution in [0, 0.1) is 5.82 Å². The van der Waals surface area contributed by atoms with Crippen LogP contribution >= 0.6 is 0 Å². The van der Waals surface area contributed by atoms with E-state index in [1.807, 2.05) is 30.3 Å². The van der Waals surface area contributed by atoms with Crippen molar-refractivity contribution in [3.63, 3.8) is 0 Å². The van der Waals surface area contributed by atoms with E-state index in [0.29, 0.717) is 11.1 Å². The Bertz CT molecular complexity index is 2930. The molecule has 0 saturated heterocycles. The summed E-state index contributed by atoms with van der Waals surface area (Å²) < 4.78 is 16.8. The normalized spacial score (nSPS) is 11.8. The molecule has 10 aromatic carbocycles. The molecule has 0 fully saturated rings. The van der Waals surface area contributed by atoms with Crippen LogP contribution in [0.3, 0.4) is 0 Å². The first-order valence-corrected chi connectivity index (χ1v) is 16.8. The molecule has 0 amide bonds. The SMILES string of the molecule is Fc1c(-c2ccc3c4ccc(-c5ccc6ccccc6c5)cc4c4ccccc4c3c2)cccc1-c1cccc2c1ccc1ccccc12. The Morgan fingerprint density at radius 3 is 1.51 bits per heavy atom. The summed E-state index contributed by atoms with van der Waals surface area (Å²) in [5.41, 5.74) is 5.39. The molecule has 0 atom stereocenters. The summed E-state index contributed by atoms with van der Waals surface area (Å²) >= 11 is 0. The third-order valence-electron chi connectivity index (χ3n) is 10.3. The van der Waals surface area contributed by atoms with Gasteiger partial charge in [0.25, 0.3) is 0 Å². The summed E-state index contributed by atoms with van der Waals surface area (Å²) in [6, 6.07) is 61.6. The number of benzene rings is 10. The first kappa shape index (κ1) is 27.8. The Hall–Kier alpha value is -6.31. The van der Waals surface area contributed by atoms with Crippen molar-refractivity contribution >= 4 is 64.6 Å². The van der Waals surface area contributed by atoms with Crippen molar-refractivity contribution in [1.82, 2.24) is 0 Å². The zero-order chi connectivity index (χ0) is 32.5. The highest BCUT2D eigenvalue weighted by Crippen LogP contribution is 2.41. The van der Waals surface area contributed by atoms with E-state index < -0.39 is 0 Å². The molecule has 10 rings (SSSR count). The van der Waals surface area contributed by atoms with Gasteiger partial charge >= 0.3 is 0 Å². The lowest BCUT2D eigenvalue weighted by molar-refractivity contribution is 0.635. The molecule has 1 heteroatoms. The van der Waals surface area contributed by atoms with E-state index in [-0.39, 0.29) is 5.82 Å². The minimum absolute atomic E-state index is 0.201. The maximum Gasteiger partial charge on any atom is 0.138 e. The maximum absolute atomic E-state index is 16.8. The van der Waals surface area contributed by atoms with Crippen molar-refractivity contribution in [2.45, 2.75) is 0 Å². The van der Waals surface area contributed by atoms with Crippen molar-refractivity contribution in [3.8, 4) is 33.4 Å². The molecule has 10 aromatic rings. The van der Waals surface area contributed by atoms with E-state index in [1.165, 1.54) is 59.6 Å². The molecule has 0 radical (unpaired) electrons. The molecule has 0 aliphatic rings. The highest BCUT2D eigenvalue weighted by molar-refractivity contribution is 6.26. The van der Waals surface area contributed by atoms with Gasteiger partial charge in [0.05, 0.1) is 0 Å². The lowest BCUT2D eigenvalue weighted by Crippen LogP contribution is -1.92. The fourth-order valence-electron chi connectivity index (χ4n) is 7.91. The molecule has 0 aliphatic carbocycles. The average molecular weight is 625 g/mol. The summed E-state index contributed by atoms with van der Waals surface area (Å²) in [6.07, 6.45) is 0. The van der Waals surface area contributed by atoms with Crippen molar-refractivity contribution < 1.29 is 4.39 Å². The molecular formula is C48H29F. The molecule has 0 heterocycles. The Kier molecular flexibility index (Phi) is 6.16. The van der Waals surface area contributed by atoms with Crippen LogP contribution in [0.25, 0.3) is 98.0 Å². The number of fused-ring (bicyclic) bond motifs is 10. The molecule has 0 nitrogen and oxygen atoms in total. The zero-order valence-corrected chi connectivity index (χ0v) is 26.6. The van der Waals surface area contributed by atoms with E-state index in [0.717, 1.165) is 27.3 Å². The molecule has 0 aromatic heterocycles. The van der Waals surface area contributed by atoms with Gasteiger partial charge in [-0.2, -0.15) is 0 Å². The molecule has 228 valence electrons. The second-order valence-electron chi connectivity index (χ2n) is 13.0. The molecule has 0 bridgehead atoms. The number of hydrogen-bond donors (Lipinski definition) is 0. The first-order chi connectivity index (χ1) is 24.2. The van der Waals surface area contributed by atoms with Gasteiger partial charge in [-0.15, -0.1) is 0 Å². The summed E-state index contributed by atoms with van der Waals surface area (Å²) in [7, 11) is 0. The average Bonchev–Trinajstić information content (AvgIpc) is 3.17. The Morgan fingerprint density at radius 1 is 0.245 bits per heavy atom. The predicted molar refractivity (Wildman–Crippen MR) is 208 cm³/mol. The molecule has 0 unspecified atom stereocenters. The van der Waals surface area contributed by atoms with Crippen molar-refractivity contribution in [2.75, 3.05) is 0 Å². The van der Waals surface area contributed by atoms with E-state index in [1.54, 1.807) is 0 Å². The number of hydrogen-bond acceptors (Lipinski definition) is 0. The van der Waals surface area contributed by atoms with Gasteiger partial charge in [0.15, 0.2) is 0 Å². The Morgan fingerprint density at radius 2 is 0.714 bits per heavy atom. The second-order valence-corrected chi connectivity index (χ2v) is 13.0. The lowest BCUT2D eigenvalue weighted by Gasteiger charge is -2.15. The molecule has 0 spiro atoms. The van der Waals surface area contributed by atoms with Crippen LogP contribution in [-0.4, -0.2) is 0 Å². The summed E-state index contributed by atoms with van der Waals surface area (Å²) in [5.74, 6) is -0.201. The van der Waals surface area contributed by atoms with Gasteiger partial charge in [-0.1, -0.05) is 158 Å². The molecule has 0 aliphatic heterocycles. The third kappa shape index (κ3) is 4.36. The van der Waals surface area contributed by atoms with Gasteiger partial charge in [-0.3, -0.25) is 0 Å². The zero-order valence-electron chi connectivity index (χ0n) is 26.6. The van der Waals surface area contributed by atoms with Crippen molar-refractivity contribution in [1.29, 1.82) is 0 Å². The van der Waals surface area contributed by atoms with Crippen LogP contribution in [0.2, 0.25) is 0 Å². The first-order valence-electron chi connectivity index (χ1n) is 16.8. The highest BCUT2D eigenvalue weighted by Gasteiger charge is 2.17. The van der Waals surface area contributed by atoms with Gasteiger partial charge in [0.2, 0.25) is 0 Å². The lowest BCUT2D eigenvalue weighted by atomic mass is 9.89. The molecule has 49 heavy (non-hydrogen) atoms. The molecular weight excluding hydrogens is 596 g/mol. The fraction of sp³-hybridized carbons (Fsp3) is 0. The minimum Gasteiger partial charge on any atom is -0.206 e. The van der Waals surface area contributed by atoms with E-state index in [2.05, 4.69) is 146 Å². The van der Waals surface area contributed by atoms with E-state index >= 15 is 4.39 Å². The summed E-state index contributed by atoms with van der Waals surface area (Å²) in [5, 5.41) is 14.1. The second kappa shape index (κ2) is 10.9. The smallest absolute Gasteiger partial charge is 0.138 e. The summed E-state index contributed by atoms with van der Waals surface area (Å²) in [6.45, 7) is 0. The molecule has 0 saturated carbocycles. The van der Waals surface area contributed by atoms with Crippen LogP contribution in [-0.2, 0) is 0 Å². The van der Waals surface area contributed by atoms with E-state index in [4.69, 9.17) is 0 Å². The topological polar surface area (TPSA) is 0 Å². The van der Waals surface area contributed by atoms with Crippen LogP contribution in [0.1, 0.15) is 0 Å². The fourth-order valence-corrected chi connectivity index (χ4v) is 7.91. The monoisotopic (exact) mass is 624 g/mol. The van der Waals surface area contributed by atoms with Crippen molar-refractivity contribution in [2.24, 2.45) is 0 Å². The highest BCUT2D eigenvalue weighted by atomic mass is 19.1. The maximum atomic E-state index is 16.8. The largest absolute Gasteiger partial charge is 0.206 e. The van der Waals surface area contributed by atoms with Crippen molar-refractivity contribution in [3.05, 3.63) is 182 Å². The van der Waals surface area contributed by atoms with E-state index in [9.17, 15) is 0 Å². The van der Waals surface area contributed by atoms with Gasteiger partial charge in [0, 0.05) is 11.1 Å². The Balaban J connectivity index is 1.14. The van der Waals surface area contributed by atoms with Crippen LogP contribution in [0.5, 0.6) is 0 Å². The quantitative estimate of drug-likeness (QED) is 0.172. The number of halogens is 1. The van der Waals surface area contributed by atoms with Gasteiger partial charge in [0.1, 0.15) is 5.82 Å². The predicted octanol–water partition coefficient (Wildman–Crippen LogP) is 13.7. The van der Waals surface area contributed by atoms with Gasteiger partial charge in [-0.05, 0) is 105 Å². The van der Waals surface area contributed by atoms with Gasteiger partial charge < -0.3 is 0 Å². The third-order valence-corrected chi connectivity index (χ3v) is 10.3. The van der Waals surface area contributed by atoms with Crippen LogP contribution in [0.15, 0.2) is 176 Å². The minimum atomic E-state index is -0.201.